The number of carbonyl (C=O) groups is 2. The van der Waals surface area contributed by atoms with Crippen molar-refractivity contribution in [2.75, 3.05) is 0 Å². The van der Waals surface area contributed by atoms with E-state index in [9.17, 15) is 9.59 Å². The maximum Gasteiger partial charge on any atom is 0.243 e. The smallest absolute Gasteiger partial charge is 0.243 e. The van der Waals surface area contributed by atoms with Crippen LogP contribution >= 0.6 is 27.3 Å². The van der Waals surface area contributed by atoms with Crippen molar-refractivity contribution in [1.29, 1.82) is 0 Å². The van der Waals surface area contributed by atoms with Crippen molar-refractivity contribution in [2.24, 2.45) is 0 Å². The highest BCUT2D eigenvalue weighted by Gasteiger charge is 2.25. The molecule has 2 heterocycles. The van der Waals surface area contributed by atoms with Gasteiger partial charge in [0.25, 0.3) is 0 Å². The third-order valence-corrected chi connectivity index (χ3v) is 4.01. The number of halogens is 1. The van der Waals surface area contributed by atoms with E-state index in [0.29, 0.717) is 19.4 Å². The molecule has 2 rings (SSSR count). The fourth-order valence-electron chi connectivity index (χ4n) is 1.56. The Balaban J connectivity index is 1.86. The Morgan fingerprint density at radius 3 is 2.94 bits per heavy atom. The monoisotopic (exact) mass is 302 g/mol. The average Bonchev–Trinajstić information content (AvgIpc) is 2.63. The van der Waals surface area contributed by atoms with Gasteiger partial charge in [0.15, 0.2) is 0 Å². The van der Waals surface area contributed by atoms with Gasteiger partial charge in [-0.05, 0) is 34.5 Å². The van der Waals surface area contributed by atoms with E-state index in [0.717, 1.165) is 8.66 Å². The SMILES string of the molecule is O=C1CCC(NCc2ccc(Br)s2)C(=O)N1. The van der Waals surface area contributed by atoms with E-state index in [1.807, 2.05) is 12.1 Å². The van der Waals surface area contributed by atoms with Crippen molar-refractivity contribution < 1.29 is 9.59 Å². The number of amides is 2. The van der Waals surface area contributed by atoms with Crippen LogP contribution in [0.4, 0.5) is 0 Å². The lowest BCUT2D eigenvalue weighted by Gasteiger charge is -2.21. The molecule has 0 spiro atoms. The Morgan fingerprint density at radius 1 is 1.50 bits per heavy atom. The van der Waals surface area contributed by atoms with Gasteiger partial charge in [-0.25, -0.2) is 0 Å². The summed E-state index contributed by atoms with van der Waals surface area (Å²) in [6.45, 7) is 0.655. The predicted molar refractivity (Wildman–Crippen MR) is 65.0 cm³/mol. The summed E-state index contributed by atoms with van der Waals surface area (Å²) >= 11 is 5.02. The Bertz CT molecular complexity index is 419. The molecule has 4 nitrogen and oxygen atoms in total. The standard InChI is InChI=1S/C10H11BrN2O2S/c11-8-3-1-6(16-8)5-12-7-2-4-9(14)13-10(7)15/h1,3,7,12H,2,4-5H2,(H,13,14,15). The highest BCUT2D eigenvalue weighted by atomic mass is 79.9. The molecule has 0 aliphatic carbocycles. The first-order chi connectivity index (χ1) is 7.65. The molecule has 0 radical (unpaired) electrons. The predicted octanol–water partition coefficient (Wildman–Crippen LogP) is 1.41. The second-order valence-electron chi connectivity index (χ2n) is 3.59. The average molecular weight is 303 g/mol. The van der Waals surface area contributed by atoms with Gasteiger partial charge in [-0.15, -0.1) is 11.3 Å². The first kappa shape index (κ1) is 11.8. The molecule has 0 saturated carbocycles. The largest absolute Gasteiger partial charge is 0.301 e. The minimum atomic E-state index is -0.251. The number of piperidine rings is 1. The number of hydrogen-bond donors (Lipinski definition) is 2. The molecule has 2 N–H and O–H groups in total. The van der Waals surface area contributed by atoms with E-state index in [2.05, 4.69) is 26.6 Å². The third-order valence-electron chi connectivity index (χ3n) is 2.39. The highest BCUT2D eigenvalue weighted by Crippen LogP contribution is 2.22. The van der Waals surface area contributed by atoms with Crippen LogP contribution in [0, 0.1) is 0 Å². The van der Waals surface area contributed by atoms with Gasteiger partial charge in [0.1, 0.15) is 0 Å². The third kappa shape index (κ3) is 2.90. The van der Waals surface area contributed by atoms with Crippen LogP contribution < -0.4 is 10.6 Å². The van der Waals surface area contributed by atoms with Gasteiger partial charge in [-0.3, -0.25) is 14.9 Å². The zero-order chi connectivity index (χ0) is 11.5. The van der Waals surface area contributed by atoms with Crippen LogP contribution in [0.25, 0.3) is 0 Å². The maximum atomic E-state index is 11.4. The van der Waals surface area contributed by atoms with Crippen molar-refractivity contribution in [2.45, 2.75) is 25.4 Å². The molecular formula is C10H11BrN2O2S. The lowest BCUT2D eigenvalue weighted by Crippen LogP contribution is -2.50. The molecule has 86 valence electrons. The fourth-order valence-corrected chi connectivity index (χ4v) is 2.99. The zero-order valence-corrected chi connectivity index (χ0v) is 10.9. The van der Waals surface area contributed by atoms with Crippen molar-refractivity contribution in [3.05, 3.63) is 20.8 Å². The Morgan fingerprint density at radius 2 is 2.31 bits per heavy atom. The molecule has 16 heavy (non-hydrogen) atoms. The minimum absolute atomic E-state index is 0.179. The van der Waals surface area contributed by atoms with Crippen LogP contribution in [-0.2, 0) is 16.1 Å². The summed E-state index contributed by atoms with van der Waals surface area (Å²) in [5.74, 6) is -0.395. The van der Waals surface area contributed by atoms with Gasteiger partial charge >= 0.3 is 0 Å². The summed E-state index contributed by atoms with van der Waals surface area (Å²) in [5, 5.41) is 5.47. The topological polar surface area (TPSA) is 58.2 Å². The number of imide groups is 1. The van der Waals surface area contributed by atoms with Gasteiger partial charge in [-0.1, -0.05) is 0 Å². The molecule has 1 atom stereocenters. The summed E-state index contributed by atoms with van der Waals surface area (Å²) in [7, 11) is 0. The summed E-state index contributed by atoms with van der Waals surface area (Å²) in [5.41, 5.74) is 0. The molecule has 1 unspecified atom stereocenters. The molecule has 1 aliphatic rings. The van der Waals surface area contributed by atoms with E-state index in [-0.39, 0.29) is 17.9 Å². The van der Waals surface area contributed by atoms with E-state index in [4.69, 9.17) is 0 Å². The van der Waals surface area contributed by atoms with Gasteiger partial charge in [-0.2, -0.15) is 0 Å². The molecule has 1 aromatic heterocycles. The Hall–Kier alpha value is -0.720. The molecule has 2 amide bonds. The van der Waals surface area contributed by atoms with Gasteiger partial charge in [0.05, 0.1) is 9.83 Å². The van der Waals surface area contributed by atoms with Crippen molar-refractivity contribution in [1.82, 2.24) is 10.6 Å². The number of carbonyl (C=O) groups excluding carboxylic acids is 2. The van der Waals surface area contributed by atoms with Crippen LogP contribution in [-0.4, -0.2) is 17.9 Å². The van der Waals surface area contributed by atoms with Crippen LogP contribution in [0.15, 0.2) is 15.9 Å². The summed E-state index contributed by atoms with van der Waals surface area (Å²) in [6.07, 6.45) is 0.995. The first-order valence-electron chi connectivity index (χ1n) is 4.96. The van der Waals surface area contributed by atoms with E-state index < -0.39 is 0 Å². The lowest BCUT2D eigenvalue weighted by atomic mass is 10.1. The molecule has 1 aromatic rings. The fraction of sp³-hybridized carbons (Fsp3) is 0.400. The normalized spacial score (nSPS) is 20.9. The van der Waals surface area contributed by atoms with Gasteiger partial charge in [0, 0.05) is 17.8 Å². The van der Waals surface area contributed by atoms with E-state index in [1.165, 1.54) is 0 Å². The van der Waals surface area contributed by atoms with E-state index >= 15 is 0 Å². The summed E-state index contributed by atoms with van der Waals surface area (Å²) in [6, 6.07) is 3.73. The Kier molecular flexibility index (Phi) is 3.73. The molecule has 1 aliphatic heterocycles. The second-order valence-corrected chi connectivity index (χ2v) is 6.14. The quantitative estimate of drug-likeness (QED) is 0.830. The Labute approximate surface area is 106 Å². The van der Waals surface area contributed by atoms with Crippen molar-refractivity contribution >= 4 is 39.1 Å². The van der Waals surface area contributed by atoms with E-state index in [1.54, 1.807) is 11.3 Å². The number of thiophene rings is 1. The summed E-state index contributed by atoms with van der Waals surface area (Å²) in [4.78, 5) is 23.5. The first-order valence-corrected chi connectivity index (χ1v) is 6.57. The van der Waals surface area contributed by atoms with Crippen LogP contribution in [0.2, 0.25) is 0 Å². The van der Waals surface area contributed by atoms with Gasteiger partial charge in [0.2, 0.25) is 11.8 Å². The molecule has 0 bridgehead atoms. The van der Waals surface area contributed by atoms with Crippen LogP contribution in [0.3, 0.4) is 0 Å². The number of nitrogens with one attached hydrogen (secondary N) is 2. The summed E-state index contributed by atoms with van der Waals surface area (Å²) < 4.78 is 1.08. The maximum absolute atomic E-state index is 11.4. The van der Waals surface area contributed by atoms with Crippen molar-refractivity contribution in [3.8, 4) is 0 Å². The van der Waals surface area contributed by atoms with Crippen LogP contribution in [0.5, 0.6) is 0 Å². The number of rotatable bonds is 3. The molecule has 1 saturated heterocycles. The number of hydrogen-bond acceptors (Lipinski definition) is 4. The van der Waals surface area contributed by atoms with Crippen molar-refractivity contribution in [3.63, 3.8) is 0 Å². The molecule has 1 fully saturated rings. The highest BCUT2D eigenvalue weighted by molar-refractivity contribution is 9.11. The second kappa shape index (κ2) is 5.07. The minimum Gasteiger partial charge on any atom is -0.301 e. The lowest BCUT2D eigenvalue weighted by molar-refractivity contribution is -0.134. The molecule has 6 heteroatoms. The van der Waals surface area contributed by atoms with Crippen LogP contribution in [0.1, 0.15) is 17.7 Å². The molecule has 0 aromatic carbocycles. The van der Waals surface area contributed by atoms with Gasteiger partial charge < -0.3 is 5.32 Å². The molecular weight excluding hydrogens is 292 g/mol. The zero-order valence-electron chi connectivity index (χ0n) is 8.46.